The molecule has 1 saturated heterocycles. The number of aliphatic hydroxyl groups is 2. The van der Waals surface area contributed by atoms with E-state index in [1.807, 2.05) is 85.8 Å². The smallest absolute Gasteiger partial charge is 0.410 e. The molecule has 2 heterocycles. The number of aliphatic hydroxyl groups excluding tert-OH is 2. The minimum atomic E-state index is -0.882. The fourth-order valence-electron chi connectivity index (χ4n) is 8.11. The molecular formula is C43H60N4O8. The molecule has 2 fully saturated rings. The van der Waals surface area contributed by atoms with E-state index in [0.717, 1.165) is 29.5 Å². The first-order valence-corrected chi connectivity index (χ1v) is 19.2. The number of amides is 1. The van der Waals surface area contributed by atoms with Crippen molar-refractivity contribution in [3.05, 3.63) is 58.2 Å². The molecule has 1 unspecified atom stereocenters. The third kappa shape index (κ3) is 9.64. The van der Waals surface area contributed by atoms with E-state index in [9.17, 15) is 20.1 Å². The molecule has 2 aliphatic heterocycles. The zero-order valence-electron chi connectivity index (χ0n) is 33.9. The highest BCUT2D eigenvalue weighted by atomic mass is 16.6. The van der Waals surface area contributed by atoms with Crippen molar-refractivity contribution in [1.82, 2.24) is 4.90 Å². The highest BCUT2D eigenvalue weighted by Gasteiger charge is 2.58. The number of allylic oxidation sites excluding steroid dienone is 2. The van der Waals surface area contributed by atoms with Crippen LogP contribution in [0.5, 0.6) is 23.0 Å². The van der Waals surface area contributed by atoms with Gasteiger partial charge < -0.3 is 45.0 Å². The lowest BCUT2D eigenvalue weighted by atomic mass is 9.57. The number of carbonyl (C=O) groups is 1. The third-order valence-electron chi connectivity index (χ3n) is 11.0. The molecule has 55 heavy (non-hydrogen) atoms. The van der Waals surface area contributed by atoms with Crippen LogP contribution in [-0.2, 0) is 17.6 Å². The maximum absolute atomic E-state index is 12.7. The Kier molecular flexibility index (Phi) is 12.6. The average molecular weight is 761 g/mol. The van der Waals surface area contributed by atoms with Gasteiger partial charge in [-0.3, -0.25) is 4.99 Å². The number of hydrogen-bond donors (Lipinski definition) is 4. The van der Waals surface area contributed by atoms with Crippen molar-refractivity contribution >= 4 is 30.2 Å². The number of phenolic OH excluding ortho intramolecular Hbond substituents is 1. The van der Waals surface area contributed by atoms with Gasteiger partial charge in [-0.05, 0) is 108 Å². The number of benzene rings is 2. The third-order valence-corrected chi connectivity index (χ3v) is 11.0. The Bertz CT molecular complexity index is 1840. The van der Waals surface area contributed by atoms with Crippen molar-refractivity contribution in [2.45, 2.75) is 117 Å². The number of rotatable bonds is 11. The fraction of sp³-hybridized carbons (Fsp3) is 0.558. The van der Waals surface area contributed by atoms with Crippen LogP contribution in [0, 0.1) is 11.3 Å². The van der Waals surface area contributed by atoms with Crippen LogP contribution in [0.4, 0.5) is 4.79 Å². The van der Waals surface area contributed by atoms with Crippen molar-refractivity contribution in [3.8, 4) is 23.0 Å². The zero-order chi connectivity index (χ0) is 40.3. The Morgan fingerprint density at radius 3 is 2.44 bits per heavy atom. The van der Waals surface area contributed by atoms with E-state index < -0.39 is 28.8 Å². The van der Waals surface area contributed by atoms with E-state index in [2.05, 4.69) is 16.2 Å². The van der Waals surface area contributed by atoms with Gasteiger partial charge in [0.2, 0.25) is 0 Å². The van der Waals surface area contributed by atoms with Crippen LogP contribution in [0.3, 0.4) is 0 Å². The monoisotopic (exact) mass is 760 g/mol. The van der Waals surface area contributed by atoms with Crippen molar-refractivity contribution in [1.29, 1.82) is 0 Å². The quantitative estimate of drug-likeness (QED) is 0.0640. The number of ether oxygens (including phenoxy) is 4. The summed E-state index contributed by atoms with van der Waals surface area (Å²) in [6.07, 6.45) is 8.49. The van der Waals surface area contributed by atoms with Gasteiger partial charge >= 0.3 is 6.09 Å². The predicted molar refractivity (Wildman–Crippen MR) is 216 cm³/mol. The molecule has 1 saturated carbocycles. The molecule has 3 aliphatic rings. The highest BCUT2D eigenvalue weighted by molar-refractivity contribution is 6.31. The minimum absolute atomic E-state index is 0.0130. The summed E-state index contributed by atoms with van der Waals surface area (Å²) >= 11 is 0. The number of hydrazone groups is 1. The molecule has 5 rings (SSSR count). The molecule has 1 amide bonds. The fourth-order valence-corrected chi connectivity index (χ4v) is 8.11. The minimum Gasteiger partial charge on any atom is -0.507 e. The number of methoxy groups -OCH3 is 1. The average Bonchev–Trinajstić information content (AvgIpc) is 3.58. The number of phenols is 1. The molecular weight excluding hydrogens is 700 g/mol. The first kappa shape index (κ1) is 41.6. The molecule has 5 atom stereocenters. The molecule has 1 aliphatic carbocycles. The second-order valence-corrected chi connectivity index (χ2v) is 17.1. The number of fused-ring (bicyclic) bond motifs is 2. The molecule has 0 spiro atoms. The maximum atomic E-state index is 12.7. The van der Waals surface area contributed by atoms with Gasteiger partial charge in [0.1, 0.15) is 35.0 Å². The normalized spacial score (nSPS) is 25.0. The molecule has 0 aromatic heterocycles. The zero-order valence-corrected chi connectivity index (χ0v) is 33.9. The summed E-state index contributed by atoms with van der Waals surface area (Å²) < 4.78 is 24.2. The predicted octanol–water partition coefficient (Wildman–Crippen LogP) is 6.71. The summed E-state index contributed by atoms with van der Waals surface area (Å²) in [5.74, 6) is 7.51. The molecule has 0 bridgehead atoms. The molecule has 0 radical (unpaired) electrons. The van der Waals surface area contributed by atoms with E-state index >= 15 is 0 Å². The van der Waals surface area contributed by atoms with E-state index in [1.165, 1.54) is 0 Å². The highest BCUT2D eigenvalue weighted by Crippen LogP contribution is 2.55. The second-order valence-electron chi connectivity index (χ2n) is 17.1. The molecule has 12 heteroatoms. The van der Waals surface area contributed by atoms with Crippen molar-refractivity contribution in [3.63, 3.8) is 0 Å². The Labute approximate surface area is 325 Å². The van der Waals surface area contributed by atoms with E-state index in [1.54, 1.807) is 24.3 Å². The van der Waals surface area contributed by atoms with Crippen LogP contribution in [0.15, 0.2) is 46.0 Å². The van der Waals surface area contributed by atoms with Gasteiger partial charge in [-0.1, -0.05) is 37.6 Å². The van der Waals surface area contributed by atoms with Crippen molar-refractivity contribution < 1.29 is 39.1 Å². The van der Waals surface area contributed by atoms with Crippen molar-refractivity contribution in [2.75, 3.05) is 26.8 Å². The van der Waals surface area contributed by atoms with E-state index in [0.29, 0.717) is 66.4 Å². The Balaban J connectivity index is 1.34. The lowest BCUT2D eigenvalue weighted by molar-refractivity contribution is -0.187. The number of likely N-dealkylation sites (tertiary alicyclic amines) is 1. The first-order valence-electron chi connectivity index (χ1n) is 19.2. The Hall–Kier alpha value is -4.55. The lowest BCUT2D eigenvalue weighted by Gasteiger charge is -2.56. The van der Waals surface area contributed by atoms with Gasteiger partial charge in [0.05, 0.1) is 31.9 Å². The second kappa shape index (κ2) is 16.7. The standard InChI is InChI=1S/C43H60N4O8/c1-26(2)12-15-32-33(48)18-28(19-35(32)53-25-30(46-44)23-45-24-31-11-10-16-47(31)40(51)55-41(3,4)5)14-13-27-17-29-21-37-42(6,7)39(50)34(49)22-43(37,8)54-38(29)36(20-27)52-9/h12-14,17-20,23,31,34,37,39,48-50H,10-11,15-16,21-22,24-25,44H2,1-9H3/b14-13+,45-23?,46-30?/t31?,34-,37-,39-,43-/m1/s1. The first-order chi connectivity index (χ1) is 25.8. The summed E-state index contributed by atoms with van der Waals surface area (Å²) in [6, 6.07) is 7.46. The van der Waals surface area contributed by atoms with Crippen LogP contribution >= 0.6 is 0 Å². The summed E-state index contributed by atoms with van der Waals surface area (Å²) in [5, 5.41) is 36.7. The van der Waals surface area contributed by atoms with Crippen molar-refractivity contribution in [2.24, 2.45) is 27.3 Å². The molecule has 12 nitrogen and oxygen atoms in total. The number of aliphatic imine (C=N–C) groups is 1. The number of hydrogen-bond acceptors (Lipinski definition) is 11. The van der Waals surface area contributed by atoms with Crippen LogP contribution in [-0.4, -0.2) is 94.5 Å². The summed E-state index contributed by atoms with van der Waals surface area (Å²) in [4.78, 5) is 19.0. The van der Waals surface area contributed by atoms with Crippen LogP contribution < -0.4 is 20.1 Å². The van der Waals surface area contributed by atoms with E-state index in [-0.39, 0.29) is 30.4 Å². The summed E-state index contributed by atoms with van der Waals surface area (Å²) in [7, 11) is 1.61. The molecule has 300 valence electrons. The van der Waals surface area contributed by atoms with Gasteiger partial charge in [-0.15, -0.1) is 0 Å². The van der Waals surface area contributed by atoms with Gasteiger partial charge in [-0.25, -0.2) is 4.79 Å². The Morgan fingerprint density at radius 1 is 1.09 bits per heavy atom. The SMILES string of the molecule is COc1cc(/C=C/c2cc(O)c(CC=C(C)C)c(OCC(C=NCC3CCCN3C(=O)OC(C)(C)C)=NN)c2)cc2c1O[C@]1(C)C[C@@H](O)[C@@H](O)C(C)(C)[C@H]1C2. The van der Waals surface area contributed by atoms with Crippen LogP contribution in [0.2, 0.25) is 0 Å². The number of nitrogens with zero attached hydrogens (tertiary/aromatic N) is 3. The molecule has 2 aromatic rings. The largest absolute Gasteiger partial charge is 0.507 e. The maximum Gasteiger partial charge on any atom is 0.410 e. The molecule has 2 aromatic carbocycles. The van der Waals surface area contributed by atoms with Crippen LogP contribution in [0.1, 0.15) is 96.9 Å². The number of aromatic hydroxyl groups is 1. The van der Waals surface area contributed by atoms with Gasteiger partial charge in [0, 0.05) is 36.1 Å². The molecule has 5 N–H and O–H groups in total. The summed E-state index contributed by atoms with van der Waals surface area (Å²) in [5.41, 5.74) is 2.85. The van der Waals surface area contributed by atoms with Gasteiger partial charge in [0.15, 0.2) is 11.5 Å². The number of nitrogens with two attached hydrogens (primary N) is 1. The lowest BCUT2D eigenvalue weighted by Crippen LogP contribution is -2.63. The number of carbonyl (C=O) groups excluding carboxylic acids is 1. The van der Waals surface area contributed by atoms with E-state index in [4.69, 9.17) is 24.8 Å². The van der Waals surface area contributed by atoms with Gasteiger partial charge in [-0.2, -0.15) is 5.10 Å². The van der Waals surface area contributed by atoms with Gasteiger partial charge in [0.25, 0.3) is 0 Å². The topological polar surface area (TPSA) is 169 Å². The Morgan fingerprint density at radius 2 is 1.78 bits per heavy atom. The summed E-state index contributed by atoms with van der Waals surface area (Å²) in [6.45, 7) is 16.5. The van der Waals surface area contributed by atoms with Crippen LogP contribution in [0.25, 0.3) is 12.2 Å².